The van der Waals surface area contributed by atoms with E-state index >= 15 is 0 Å². The first-order valence-corrected chi connectivity index (χ1v) is 8.24. The molecule has 0 aromatic heterocycles. The molecule has 0 spiro atoms. The minimum atomic E-state index is -0.211. The van der Waals surface area contributed by atoms with Gasteiger partial charge in [0.05, 0.1) is 7.11 Å². The molecule has 0 aliphatic heterocycles. The molecule has 1 aromatic rings. The maximum Gasteiger partial charge on any atom is 0.169 e. The topological polar surface area (TPSA) is 21.3 Å². The van der Waals surface area contributed by atoms with E-state index in [-0.39, 0.29) is 11.4 Å². The molecule has 0 radical (unpaired) electrons. The third-order valence-electron chi connectivity index (χ3n) is 5.96. The molecule has 114 valence electrons. The molecular weight excluding hydrogens is 265 g/mol. The van der Waals surface area contributed by atoms with E-state index in [1.807, 2.05) is 12.1 Å². The summed E-state index contributed by atoms with van der Waals surface area (Å²) in [6.45, 7) is 0.620. The van der Waals surface area contributed by atoms with Crippen molar-refractivity contribution in [3.05, 3.63) is 29.6 Å². The summed E-state index contributed by atoms with van der Waals surface area (Å²) in [4.78, 5) is 0. The quantitative estimate of drug-likeness (QED) is 0.908. The fourth-order valence-electron chi connectivity index (χ4n) is 5.46. The first-order chi connectivity index (χ1) is 10.2. The molecule has 0 amide bonds. The summed E-state index contributed by atoms with van der Waals surface area (Å²) >= 11 is 0. The molecule has 4 aliphatic rings. The Morgan fingerprint density at radius 3 is 2.33 bits per heavy atom. The maximum atomic E-state index is 14.3. The number of methoxy groups -OCH3 is 1. The number of ether oxygens (including phenoxy) is 1. The Morgan fingerprint density at radius 2 is 1.76 bits per heavy atom. The van der Waals surface area contributed by atoms with E-state index in [9.17, 15) is 4.39 Å². The van der Waals surface area contributed by atoms with Crippen LogP contribution in [-0.4, -0.2) is 12.6 Å². The van der Waals surface area contributed by atoms with Gasteiger partial charge in [-0.05, 0) is 62.3 Å². The van der Waals surface area contributed by atoms with Crippen molar-refractivity contribution in [3.8, 4) is 5.75 Å². The van der Waals surface area contributed by atoms with Gasteiger partial charge in [-0.3, -0.25) is 0 Å². The SMILES string of the molecule is COc1cccc(CNC23CC4CC(CC(C4)C2)C3)c1F. The highest BCUT2D eigenvalue weighted by Crippen LogP contribution is 2.55. The molecule has 3 heteroatoms. The highest BCUT2D eigenvalue weighted by Gasteiger charge is 2.50. The summed E-state index contributed by atoms with van der Waals surface area (Å²) < 4.78 is 19.3. The highest BCUT2D eigenvalue weighted by atomic mass is 19.1. The zero-order valence-corrected chi connectivity index (χ0v) is 12.7. The van der Waals surface area contributed by atoms with Crippen LogP contribution in [0.4, 0.5) is 4.39 Å². The van der Waals surface area contributed by atoms with Gasteiger partial charge in [-0.1, -0.05) is 12.1 Å². The molecule has 4 aliphatic carbocycles. The number of rotatable bonds is 4. The van der Waals surface area contributed by atoms with Crippen LogP contribution in [0.25, 0.3) is 0 Å². The molecule has 2 nitrogen and oxygen atoms in total. The Labute approximate surface area is 126 Å². The van der Waals surface area contributed by atoms with Crippen LogP contribution in [0, 0.1) is 23.6 Å². The lowest BCUT2D eigenvalue weighted by Crippen LogP contribution is -2.58. The molecule has 0 saturated heterocycles. The monoisotopic (exact) mass is 289 g/mol. The second-order valence-corrected chi connectivity index (χ2v) is 7.48. The number of hydrogen-bond donors (Lipinski definition) is 1. The lowest BCUT2D eigenvalue weighted by Gasteiger charge is -2.57. The average molecular weight is 289 g/mol. The predicted molar refractivity (Wildman–Crippen MR) is 80.7 cm³/mol. The normalized spacial score (nSPS) is 37.0. The number of hydrogen-bond acceptors (Lipinski definition) is 2. The van der Waals surface area contributed by atoms with Crippen LogP contribution in [0.5, 0.6) is 5.75 Å². The van der Waals surface area contributed by atoms with E-state index < -0.39 is 0 Å². The van der Waals surface area contributed by atoms with Crippen molar-refractivity contribution in [1.82, 2.24) is 5.32 Å². The van der Waals surface area contributed by atoms with Crippen molar-refractivity contribution in [2.24, 2.45) is 17.8 Å². The van der Waals surface area contributed by atoms with Crippen molar-refractivity contribution in [1.29, 1.82) is 0 Å². The second-order valence-electron chi connectivity index (χ2n) is 7.48. The van der Waals surface area contributed by atoms with E-state index in [2.05, 4.69) is 5.32 Å². The third kappa shape index (κ3) is 2.36. The van der Waals surface area contributed by atoms with Crippen molar-refractivity contribution in [3.63, 3.8) is 0 Å². The predicted octanol–water partition coefficient (Wildman–Crippen LogP) is 3.89. The Kier molecular flexibility index (Phi) is 3.21. The van der Waals surface area contributed by atoms with Crippen LogP contribution in [0.2, 0.25) is 0 Å². The molecule has 0 unspecified atom stereocenters. The molecule has 0 heterocycles. The van der Waals surface area contributed by atoms with Crippen LogP contribution in [0.1, 0.15) is 44.1 Å². The lowest BCUT2D eigenvalue weighted by molar-refractivity contribution is -0.0207. The van der Waals surface area contributed by atoms with Crippen LogP contribution < -0.4 is 10.1 Å². The number of benzene rings is 1. The molecule has 1 aromatic carbocycles. The van der Waals surface area contributed by atoms with Gasteiger partial charge in [0.25, 0.3) is 0 Å². The summed E-state index contributed by atoms with van der Waals surface area (Å²) in [6.07, 6.45) is 8.21. The number of nitrogens with one attached hydrogen (secondary N) is 1. The lowest BCUT2D eigenvalue weighted by atomic mass is 9.53. The summed E-state index contributed by atoms with van der Waals surface area (Å²) in [6, 6.07) is 5.42. The van der Waals surface area contributed by atoms with Crippen LogP contribution in [0.3, 0.4) is 0 Å². The Morgan fingerprint density at radius 1 is 1.14 bits per heavy atom. The van der Waals surface area contributed by atoms with Gasteiger partial charge in [0.1, 0.15) is 0 Å². The van der Waals surface area contributed by atoms with E-state index in [4.69, 9.17) is 4.74 Å². The van der Waals surface area contributed by atoms with E-state index in [1.54, 1.807) is 6.07 Å². The standard InChI is InChI=1S/C18H24FNO/c1-21-16-4-2-3-15(17(16)19)11-20-18-8-12-5-13(9-18)7-14(6-12)10-18/h2-4,12-14,20H,5-11H2,1H3. The van der Waals surface area contributed by atoms with Crippen LogP contribution in [0.15, 0.2) is 18.2 Å². The van der Waals surface area contributed by atoms with Gasteiger partial charge < -0.3 is 10.1 Å². The zero-order valence-electron chi connectivity index (χ0n) is 12.7. The summed E-state index contributed by atoms with van der Waals surface area (Å²) in [5.74, 6) is 2.88. The molecule has 1 N–H and O–H groups in total. The Hall–Kier alpha value is -1.09. The van der Waals surface area contributed by atoms with Crippen LogP contribution in [-0.2, 0) is 6.54 Å². The smallest absolute Gasteiger partial charge is 0.169 e. The van der Waals surface area contributed by atoms with Gasteiger partial charge in [-0.2, -0.15) is 0 Å². The summed E-state index contributed by atoms with van der Waals surface area (Å²) in [5.41, 5.74) is 1.01. The van der Waals surface area contributed by atoms with Gasteiger partial charge in [-0.15, -0.1) is 0 Å². The molecule has 5 rings (SSSR count). The Balaban J connectivity index is 1.50. The second kappa shape index (κ2) is 4.98. The molecule has 4 bridgehead atoms. The molecule has 0 atom stereocenters. The molecule has 4 fully saturated rings. The fourth-order valence-corrected chi connectivity index (χ4v) is 5.46. The fraction of sp³-hybridized carbons (Fsp3) is 0.667. The van der Waals surface area contributed by atoms with E-state index in [0.717, 1.165) is 23.3 Å². The number of halogens is 1. The molecular formula is C18H24FNO. The van der Waals surface area contributed by atoms with Gasteiger partial charge in [0.15, 0.2) is 11.6 Å². The zero-order chi connectivity index (χ0) is 14.4. The minimum Gasteiger partial charge on any atom is -0.494 e. The summed E-state index contributed by atoms with van der Waals surface area (Å²) in [7, 11) is 1.52. The minimum absolute atomic E-state index is 0.211. The van der Waals surface area contributed by atoms with Crippen molar-refractivity contribution >= 4 is 0 Å². The van der Waals surface area contributed by atoms with Gasteiger partial charge in [0.2, 0.25) is 0 Å². The molecule has 21 heavy (non-hydrogen) atoms. The van der Waals surface area contributed by atoms with Gasteiger partial charge in [-0.25, -0.2) is 4.39 Å². The first-order valence-electron chi connectivity index (χ1n) is 8.24. The summed E-state index contributed by atoms with van der Waals surface area (Å²) in [5, 5.41) is 3.74. The van der Waals surface area contributed by atoms with Gasteiger partial charge in [0, 0.05) is 17.6 Å². The van der Waals surface area contributed by atoms with Crippen LogP contribution >= 0.6 is 0 Å². The Bertz CT molecular complexity index is 507. The first kappa shape index (κ1) is 13.6. The van der Waals surface area contributed by atoms with E-state index in [0.29, 0.717) is 12.3 Å². The largest absolute Gasteiger partial charge is 0.494 e. The van der Waals surface area contributed by atoms with Crippen molar-refractivity contribution in [2.75, 3.05) is 7.11 Å². The van der Waals surface area contributed by atoms with Gasteiger partial charge >= 0.3 is 0 Å². The van der Waals surface area contributed by atoms with E-state index in [1.165, 1.54) is 45.6 Å². The van der Waals surface area contributed by atoms with Crippen molar-refractivity contribution in [2.45, 2.75) is 50.6 Å². The molecule has 4 saturated carbocycles. The highest BCUT2D eigenvalue weighted by molar-refractivity contribution is 5.31. The average Bonchev–Trinajstić information content (AvgIpc) is 2.45. The maximum absolute atomic E-state index is 14.3. The van der Waals surface area contributed by atoms with Crippen molar-refractivity contribution < 1.29 is 9.13 Å². The third-order valence-corrected chi connectivity index (χ3v) is 5.96.